The molecule has 2 rings (SSSR count). The maximum Gasteiger partial charge on any atom is 0.242 e. The van der Waals surface area contributed by atoms with E-state index in [0.29, 0.717) is 0 Å². The zero-order chi connectivity index (χ0) is 13.7. The summed E-state index contributed by atoms with van der Waals surface area (Å²) in [5.74, 6) is 0.118. The molecule has 1 N–H and O–H groups in total. The molecule has 0 saturated carbocycles. The predicted molar refractivity (Wildman–Crippen MR) is 82.5 cm³/mol. The molecule has 1 fully saturated rings. The van der Waals surface area contributed by atoms with Gasteiger partial charge in [-0.25, -0.2) is 0 Å². The van der Waals surface area contributed by atoms with Gasteiger partial charge in [-0.3, -0.25) is 9.79 Å². The summed E-state index contributed by atoms with van der Waals surface area (Å²) in [6.45, 7) is 4.14. The number of amidine groups is 1. The SMILES string of the molecule is CCC[C@]1(C)SC(=N[C@H]2/C=C\CCCCC2)NC1=O. The first-order valence-electron chi connectivity index (χ1n) is 7.39. The molecular weight excluding hydrogens is 256 g/mol. The number of hydrogen-bond donors (Lipinski definition) is 1. The van der Waals surface area contributed by atoms with Gasteiger partial charge in [-0.05, 0) is 32.6 Å². The van der Waals surface area contributed by atoms with Gasteiger partial charge in [-0.1, -0.05) is 50.1 Å². The van der Waals surface area contributed by atoms with Crippen LogP contribution in [-0.4, -0.2) is 21.9 Å². The van der Waals surface area contributed by atoms with Crippen molar-refractivity contribution in [3.63, 3.8) is 0 Å². The fraction of sp³-hybridized carbons (Fsp3) is 0.733. The lowest BCUT2D eigenvalue weighted by Gasteiger charge is -2.16. The number of rotatable bonds is 3. The van der Waals surface area contributed by atoms with Crippen LogP contribution >= 0.6 is 11.8 Å². The molecule has 0 unspecified atom stereocenters. The Bertz CT molecular complexity index is 392. The van der Waals surface area contributed by atoms with Crippen LogP contribution in [0.2, 0.25) is 0 Å². The van der Waals surface area contributed by atoms with E-state index in [4.69, 9.17) is 4.99 Å². The van der Waals surface area contributed by atoms with Gasteiger partial charge in [0.25, 0.3) is 0 Å². The third-order valence-corrected chi connectivity index (χ3v) is 5.00. The van der Waals surface area contributed by atoms with Gasteiger partial charge in [0, 0.05) is 0 Å². The molecule has 0 bridgehead atoms. The van der Waals surface area contributed by atoms with Gasteiger partial charge >= 0.3 is 0 Å². The second-order valence-electron chi connectivity index (χ2n) is 5.60. The molecule has 2 atom stereocenters. The van der Waals surface area contributed by atoms with Crippen molar-refractivity contribution in [2.45, 2.75) is 69.6 Å². The van der Waals surface area contributed by atoms with Crippen molar-refractivity contribution < 1.29 is 4.79 Å². The van der Waals surface area contributed by atoms with E-state index in [1.165, 1.54) is 19.3 Å². The van der Waals surface area contributed by atoms with Crippen LogP contribution in [0.15, 0.2) is 17.1 Å². The highest BCUT2D eigenvalue weighted by Gasteiger charge is 2.41. The van der Waals surface area contributed by atoms with Gasteiger partial charge in [0.05, 0.1) is 10.8 Å². The Morgan fingerprint density at radius 1 is 1.47 bits per heavy atom. The molecule has 0 spiro atoms. The summed E-state index contributed by atoms with van der Waals surface area (Å²) < 4.78 is -0.321. The molecule has 1 saturated heterocycles. The Balaban J connectivity index is 2.03. The van der Waals surface area contributed by atoms with E-state index in [-0.39, 0.29) is 16.7 Å². The average molecular weight is 280 g/mol. The molecular formula is C15H24N2OS. The summed E-state index contributed by atoms with van der Waals surface area (Å²) in [5, 5.41) is 3.77. The number of hydrogen-bond acceptors (Lipinski definition) is 3. The van der Waals surface area contributed by atoms with Crippen LogP contribution in [0.3, 0.4) is 0 Å². The van der Waals surface area contributed by atoms with Crippen molar-refractivity contribution >= 4 is 22.8 Å². The van der Waals surface area contributed by atoms with Gasteiger partial charge in [0.2, 0.25) is 5.91 Å². The average Bonchev–Trinajstić information content (AvgIpc) is 2.58. The van der Waals surface area contributed by atoms with Crippen molar-refractivity contribution in [2.24, 2.45) is 4.99 Å². The second kappa shape index (κ2) is 6.60. The first-order chi connectivity index (χ1) is 9.14. The summed E-state index contributed by atoms with van der Waals surface area (Å²) in [4.78, 5) is 16.8. The molecule has 2 aliphatic rings. The van der Waals surface area contributed by atoms with Gasteiger partial charge in [0.1, 0.15) is 0 Å². The number of thioether (sulfide) groups is 1. The van der Waals surface area contributed by atoms with Crippen LogP contribution in [0.5, 0.6) is 0 Å². The van der Waals surface area contributed by atoms with E-state index in [2.05, 4.69) is 24.4 Å². The van der Waals surface area contributed by atoms with Crippen LogP contribution in [0, 0.1) is 0 Å². The van der Waals surface area contributed by atoms with E-state index in [0.717, 1.165) is 30.9 Å². The van der Waals surface area contributed by atoms with E-state index in [1.54, 1.807) is 11.8 Å². The highest BCUT2D eigenvalue weighted by molar-refractivity contribution is 8.16. The van der Waals surface area contributed by atoms with Crippen molar-refractivity contribution in [3.05, 3.63) is 12.2 Å². The maximum absolute atomic E-state index is 12.0. The molecule has 0 radical (unpaired) electrons. The maximum atomic E-state index is 12.0. The van der Waals surface area contributed by atoms with Crippen LogP contribution in [0.1, 0.15) is 58.8 Å². The molecule has 4 heteroatoms. The lowest BCUT2D eigenvalue weighted by Crippen LogP contribution is -2.33. The topological polar surface area (TPSA) is 41.5 Å². The summed E-state index contributed by atoms with van der Waals surface area (Å²) in [7, 11) is 0. The van der Waals surface area contributed by atoms with Crippen molar-refractivity contribution in [3.8, 4) is 0 Å². The van der Waals surface area contributed by atoms with Crippen molar-refractivity contribution in [1.82, 2.24) is 5.32 Å². The molecule has 1 heterocycles. The summed E-state index contributed by atoms with van der Waals surface area (Å²) in [6, 6.07) is 0.243. The molecule has 1 aliphatic heterocycles. The number of carbonyl (C=O) groups is 1. The lowest BCUT2D eigenvalue weighted by atomic mass is 10.0. The smallest absolute Gasteiger partial charge is 0.242 e. The van der Waals surface area contributed by atoms with Gasteiger partial charge < -0.3 is 5.32 Å². The normalized spacial score (nSPS) is 35.8. The lowest BCUT2D eigenvalue weighted by molar-refractivity contribution is -0.121. The Labute approximate surface area is 120 Å². The molecule has 19 heavy (non-hydrogen) atoms. The number of aliphatic imine (C=N–C) groups is 1. The molecule has 1 aliphatic carbocycles. The van der Waals surface area contributed by atoms with Crippen LogP contribution < -0.4 is 5.32 Å². The fourth-order valence-corrected chi connectivity index (χ4v) is 3.82. The Kier molecular flexibility index (Phi) is 5.08. The van der Waals surface area contributed by atoms with Crippen LogP contribution in [0.4, 0.5) is 0 Å². The van der Waals surface area contributed by atoms with E-state index in [9.17, 15) is 4.79 Å². The summed E-state index contributed by atoms with van der Waals surface area (Å²) in [6.07, 6.45) is 12.4. The highest BCUT2D eigenvalue weighted by Crippen LogP contribution is 2.36. The van der Waals surface area contributed by atoms with E-state index >= 15 is 0 Å². The highest BCUT2D eigenvalue weighted by atomic mass is 32.2. The third-order valence-electron chi connectivity index (χ3n) is 3.76. The van der Waals surface area contributed by atoms with Gasteiger partial charge in [0.15, 0.2) is 5.17 Å². The van der Waals surface area contributed by atoms with Crippen LogP contribution in [0.25, 0.3) is 0 Å². The monoisotopic (exact) mass is 280 g/mol. The quantitative estimate of drug-likeness (QED) is 0.802. The first-order valence-corrected chi connectivity index (χ1v) is 8.20. The standard InChI is InChI=1S/C15H24N2OS/c1-3-11-15(2)13(18)17-14(19-15)16-12-9-7-5-4-6-8-10-12/h7,9,12H,3-6,8,10-11H2,1-2H3,(H,16,17,18)/b9-7-/t12-,15-/m0/s1. The molecule has 0 aromatic heterocycles. The number of amides is 1. The minimum absolute atomic E-state index is 0.118. The van der Waals surface area contributed by atoms with Gasteiger partial charge in [-0.15, -0.1) is 0 Å². The van der Waals surface area contributed by atoms with Crippen molar-refractivity contribution in [1.29, 1.82) is 0 Å². The molecule has 106 valence electrons. The largest absolute Gasteiger partial charge is 0.304 e. The second-order valence-corrected chi connectivity index (χ2v) is 7.10. The van der Waals surface area contributed by atoms with Gasteiger partial charge in [-0.2, -0.15) is 0 Å². The molecule has 0 aromatic rings. The summed E-state index contributed by atoms with van der Waals surface area (Å²) >= 11 is 1.61. The minimum atomic E-state index is -0.321. The number of carbonyl (C=O) groups excluding carboxylic acids is 1. The van der Waals surface area contributed by atoms with Crippen LogP contribution in [-0.2, 0) is 4.79 Å². The number of nitrogens with one attached hydrogen (secondary N) is 1. The zero-order valence-electron chi connectivity index (χ0n) is 11.9. The number of nitrogens with zero attached hydrogens (tertiary/aromatic N) is 1. The fourth-order valence-electron chi connectivity index (χ4n) is 2.61. The number of allylic oxidation sites excluding steroid dienone is 1. The third kappa shape index (κ3) is 3.85. The van der Waals surface area contributed by atoms with Crippen molar-refractivity contribution in [2.75, 3.05) is 0 Å². The zero-order valence-corrected chi connectivity index (χ0v) is 12.8. The Morgan fingerprint density at radius 2 is 2.32 bits per heavy atom. The summed E-state index contributed by atoms with van der Waals surface area (Å²) in [5.41, 5.74) is 0. The molecule has 3 nitrogen and oxygen atoms in total. The predicted octanol–water partition coefficient (Wildman–Crippen LogP) is 3.65. The molecule has 0 aromatic carbocycles. The van der Waals surface area contributed by atoms with E-state index in [1.807, 2.05) is 6.92 Å². The van der Waals surface area contributed by atoms with E-state index < -0.39 is 0 Å². The minimum Gasteiger partial charge on any atom is -0.304 e. The Morgan fingerprint density at radius 3 is 3.11 bits per heavy atom. The first kappa shape index (κ1) is 14.6. The Hall–Kier alpha value is -0.770. The molecule has 1 amide bonds.